The van der Waals surface area contributed by atoms with Crippen molar-refractivity contribution in [3.05, 3.63) is 56.7 Å². The summed E-state index contributed by atoms with van der Waals surface area (Å²) in [7, 11) is 0. The Bertz CT molecular complexity index is 520. The molecule has 0 saturated heterocycles. The second-order valence-electron chi connectivity index (χ2n) is 3.22. The van der Waals surface area contributed by atoms with E-state index in [-0.39, 0.29) is 5.82 Å². The van der Waals surface area contributed by atoms with Crippen molar-refractivity contribution in [1.82, 2.24) is 0 Å². The van der Waals surface area contributed by atoms with Crippen molar-refractivity contribution < 1.29 is 4.39 Å². The molecule has 0 heterocycles. The molecule has 0 atom stereocenters. The highest BCUT2D eigenvalue weighted by Gasteiger charge is 2.12. The molecule has 4 heteroatoms. The standard InChI is InChI=1S/C12H6BrCl2F/c13-7-4-5-8(10(15)6-7)12-9(14)2-1-3-11(12)16/h1-6H. The van der Waals surface area contributed by atoms with E-state index in [2.05, 4.69) is 15.9 Å². The summed E-state index contributed by atoms with van der Waals surface area (Å²) < 4.78 is 14.5. The van der Waals surface area contributed by atoms with Gasteiger partial charge in [-0.1, -0.05) is 51.3 Å². The predicted octanol–water partition coefficient (Wildman–Crippen LogP) is 5.56. The molecule has 2 aromatic rings. The molecule has 0 amide bonds. The van der Waals surface area contributed by atoms with Crippen LogP contribution in [-0.4, -0.2) is 0 Å². The zero-order valence-corrected chi connectivity index (χ0v) is 11.1. The summed E-state index contributed by atoms with van der Waals surface area (Å²) in [5, 5.41) is 0.811. The average molecular weight is 320 g/mol. The monoisotopic (exact) mass is 318 g/mol. The molecule has 2 rings (SSSR count). The maximum atomic E-state index is 13.7. The number of hydrogen-bond donors (Lipinski definition) is 0. The fourth-order valence-corrected chi connectivity index (χ4v) is 2.48. The SMILES string of the molecule is Fc1cccc(Cl)c1-c1ccc(Br)cc1Cl. The van der Waals surface area contributed by atoms with Crippen LogP contribution in [0.4, 0.5) is 4.39 Å². The molecule has 0 aliphatic carbocycles. The molecule has 0 bridgehead atoms. The first-order chi connectivity index (χ1) is 7.59. The zero-order chi connectivity index (χ0) is 11.7. The van der Waals surface area contributed by atoms with Gasteiger partial charge in [0, 0.05) is 20.6 Å². The van der Waals surface area contributed by atoms with Crippen LogP contribution in [0.3, 0.4) is 0 Å². The summed E-state index contributed by atoms with van der Waals surface area (Å²) in [5.74, 6) is -0.378. The first-order valence-corrected chi connectivity index (χ1v) is 6.04. The Hall–Kier alpha value is -0.570. The third kappa shape index (κ3) is 2.24. The van der Waals surface area contributed by atoms with Crippen LogP contribution in [0.25, 0.3) is 11.1 Å². The first kappa shape index (κ1) is 11.9. The van der Waals surface area contributed by atoms with E-state index in [0.717, 1.165) is 4.47 Å². The van der Waals surface area contributed by atoms with Crippen molar-refractivity contribution in [3.63, 3.8) is 0 Å². The molecule has 0 N–H and O–H groups in total. The first-order valence-electron chi connectivity index (χ1n) is 4.49. The van der Waals surface area contributed by atoms with Gasteiger partial charge >= 0.3 is 0 Å². The average Bonchev–Trinajstić information content (AvgIpc) is 2.20. The molecular formula is C12H6BrCl2F. The van der Waals surface area contributed by atoms with Crippen LogP contribution < -0.4 is 0 Å². The molecule has 0 saturated carbocycles. The Balaban J connectivity index is 2.68. The minimum atomic E-state index is -0.378. The molecule has 0 fully saturated rings. The lowest BCUT2D eigenvalue weighted by atomic mass is 10.1. The Morgan fingerprint density at radius 3 is 2.38 bits per heavy atom. The summed E-state index contributed by atoms with van der Waals surface area (Å²) in [6.07, 6.45) is 0. The molecule has 0 aliphatic rings. The van der Waals surface area contributed by atoms with Gasteiger partial charge in [-0.3, -0.25) is 0 Å². The Morgan fingerprint density at radius 2 is 1.75 bits per heavy atom. The summed E-state index contributed by atoms with van der Waals surface area (Å²) in [6.45, 7) is 0. The van der Waals surface area contributed by atoms with E-state index in [1.54, 1.807) is 30.3 Å². The van der Waals surface area contributed by atoms with Gasteiger partial charge in [-0.25, -0.2) is 4.39 Å². The van der Waals surface area contributed by atoms with Crippen molar-refractivity contribution >= 4 is 39.1 Å². The van der Waals surface area contributed by atoms with Crippen molar-refractivity contribution in [1.29, 1.82) is 0 Å². The maximum absolute atomic E-state index is 13.7. The van der Waals surface area contributed by atoms with Crippen molar-refractivity contribution in [2.24, 2.45) is 0 Å². The summed E-state index contributed by atoms with van der Waals surface area (Å²) >= 11 is 15.3. The van der Waals surface area contributed by atoms with Crippen LogP contribution in [0.1, 0.15) is 0 Å². The van der Waals surface area contributed by atoms with Crippen LogP contribution >= 0.6 is 39.1 Å². The normalized spacial score (nSPS) is 10.5. The molecule has 0 aromatic heterocycles. The quantitative estimate of drug-likeness (QED) is 0.645. The number of hydrogen-bond acceptors (Lipinski definition) is 0. The second kappa shape index (κ2) is 4.74. The van der Waals surface area contributed by atoms with Crippen LogP contribution in [0.5, 0.6) is 0 Å². The summed E-state index contributed by atoms with van der Waals surface area (Å²) in [4.78, 5) is 0. The fourth-order valence-electron chi connectivity index (χ4n) is 1.45. The highest BCUT2D eigenvalue weighted by atomic mass is 79.9. The topological polar surface area (TPSA) is 0 Å². The molecule has 0 radical (unpaired) electrons. The van der Waals surface area contributed by atoms with Crippen molar-refractivity contribution in [3.8, 4) is 11.1 Å². The lowest BCUT2D eigenvalue weighted by Gasteiger charge is -2.08. The van der Waals surface area contributed by atoms with Gasteiger partial charge in [-0.15, -0.1) is 0 Å². The zero-order valence-electron chi connectivity index (χ0n) is 7.98. The van der Waals surface area contributed by atoms with Gasteiger partial charge in [0.15, 0.2) is 0 Å². The second-order valence-corrected chi connectivity index (χ2v) is 4.95. The van der Waals surface area contributed by atoms with Gasteiger partial charge in [0.05, 0.1) is 5.02 Å². The molecule has 2 aromatic carbocycles. The molecule has 82 valence electrons. The third-order valence-corrected chi connectivity index (χ3v) is 3.28. The van der Waals surface area contributed by atoms with E-state index in [0.29, 0.717) is 21.2 Å². The lowest BCUT2D eigenvalue weighted by molar-refractivity contribution is 0.631. The van der Waals surface area contributed by atoms with E-state index in [4.69, 9.17) is 23.2 Å². The Labute approximate surface area is 111 Å². The predicted molar refractivity (Wildman–Crippen MR) is 69.6 cm³/mol. The maximum Gasteiger partial charge on any atom is 0.132 e. The van der Waals surface area contributed by atoms with Gasteiger partial charge in [0.25, 0.3) is 0 Å². The molecule has 0 spiro atoms. The van der Waals surface area contributed by atoms with E-state index in [1.165, 1.54) is 6.07 Å². The van der Waals surface area contributed by atoms with Gasteiger partial charge < -0.3 is 0 Å². The number of benzene rings is 2. The van der Waals surface area contributed by atoms with E-state index in [9.17, 15) is 4.39 Å². The Morgan fingerprint density at radius 1 is 1.00 bits per heavy atom. The van der Waals surface area contributed by atoms with E-state index >= 15 is 0 Å². The number of rotatable bonds is 1. The highest BCUT2D eigenvalue weighted by molar-refractivity contribution is 9.10. The van der Waals surface area contributed by atoms with Gasteiger partial charge in [0.1, 0.15) is 5.82 Å². The minimum absolute atomic E-state index is 0.335. The smallest absolute Gasteiger partial charge is 0.132 e. The van der Waals surface area contributed by atoms with Crippen molar-refractivity contribution in [2.75, 3.05) is 0 Å². The largest absolute Gasteiger partial charge is 0.206 e. The third-order valence-electron chi connectivity index (χ3n) is 2.16. The van der Waals surface area contributed by atoms with Gasteiger partial charge in [0.2, 0.25) is 0 Å². The fraction of sp³-hybridized carbons (Fsp3) is 0. The molecular weight excluding hydrogens is 314 g/mol. The number of halogens is 4. The molecule has 0 nitrogen and oxygen atoms in total. The molecule has 0 unspecified atom stereocenters. The van der Waals surface area contributed by atoms with Gasteiger partial charge in [-0.2, -0.15) is 0 Å². The minimum Gasteiger partial charge on any atom is -0.206 e. The van der Waals surface area contributed by atoms with Crippen LogP contribution in [0.2, 0.25) is 10.0 Å². The highest BCUT2D eigenvalue weighted by Crippen LogP contribution is 2.36. The lowest BCUT2D eigenvalue weighted by Crippen LogP contribution is -1.86. The Kier molecular flexibility index (Phi) is 3.53. The van der Waals surface area contributed by atoms with Gasteiger partial charge in [-0.05, 0) is 24.3 Å². The molecule has 0 aliphatic heterocycles. The van der Waals surface area contributed by atoms with Crippen LogP contribution in [0, 0.1) is 5.82 Å². The van der Waals surface area contributed by atoms with Crippen molar-refractivity contribution in [2.45, 2.75) is 0 Å². The van der Waals surface area contributed by atoms with Crippen LogP contribution in [0.15, 0.2) is 40.9 Å². The van der Waals surface area contributed by atoms with E-state index < -0.39 is 0 Å². The van der Waals surface area contributed by atoms with E-state index in [1.807, 2.05) is 0 Å². The summed E-state index contributed by atoms with van der Waals surface area (Å²) in [6, 6.07) is 9.80. The molecule has 16 heavy (non-hydrogen) atoms. The van der Waals surface area contributed by atoms with Crippen LogP contribution in [-0.2, 0) is 0 Å². The summed E-state index contributed by atoms with van der Waals surface area (Å²) in [5.41, 5.74) is 0.926.